The number of ether oxygens (including phenoxy) is 2. The molecule has 0 atom stereocenters. The van der Waals surface area contributed by atoms with Crippen LogP contribution in [0.15, 0.2) is 71.6 Å². The van der Waals surface area contributed by atoms with Gasteiger partial charge in [-0.25, -0.2) is 0 Å². The molecule has 35 heavy (non-hydrogen) atoms. The van der Waals surface area contributed by atoms with E-state index in [0.717, 1.165) is 22.5 Å². The number of anilines is 2. The fourth-order valence-corrected chi connectivity index (χ4v) is 5.01. The Balaban J connectivity index is 1.53. The van der Waals surface area contributed by atoms with Crippen LogP contribution in [0, 0.1) is 6.92 Å². The zero-order chi connectivity index (χ0) is 24.9. The predicted molar refractivity (Wildman–Crippen MR) is 150 cm³/mol. The van der Waals surface area contributed by atoms with Crippen molar-refractivity contribution in [3.05, 3.63) is 88.3 Å². The largest absolute Gasteiger partial charge is 0.490 e. The number of thioether (sulfide) groups is 1. The average molecular weight is 505 g/mol. The number of amides is 1. The van der Waals surface area contributed by atoms with Crippen LogP contribution in [0.3, 0.4) is 0 Å². The molecule has 0 bridgehead atoms. The van der Waals surface area contributed by atoms with Gasteiger partial charge < -0.3 is 14.4 Å². The number of nitrogens with zero attached hydrogens (tertiary/aromatic N) is 2. The molecule has 1 fully saturated rings. The van der Waals surface area contributed by atoms with Gasteiger partial charge in [-0.2, -0.15) is 0 Å². The fraction of sp³-hybridized carbons (Fsp3) is 0.214. The molecule has 180 valence electrons. The van der Waals surface area contributed by atoms with Crippen molar-refractivity contribution in [3.8, 4) is 11.5 Å². The van der Waals surface area contributed by atoms with E-state index in [9.17, 15) is 4.79 Å². The minimum atomic E-state index is -0.129. The van der Waals surface area contributed by atoms with E-state index in [1.807, 2.05) is 86.6 Å². The average Bonchev–Trinajstić information content (AvgIpc) is 3.11. The zero-order valence-corrected chi connectivity index (χ0v) is 21.9. The highest BCUT2D eigenvalue weighted by atomic mass is 32.2. The number of hydrogen-bond donors (Lipinski definition) is 0. The Labute approximate surface area is 216 Å². The van der Waals surface area contributed by atoms with Crippen molar-refractivity contribution in [1.29, 1.82) is 0 Å². The third kappa shape index (κ3) is 5.86. The fourth-order valence-electron chi connectivity index (χ4n) is 3.71. The quantitative estimate of drug-likeness (QED) is 0.260. The lowest BCUT2D eigenvalue weighted by molar-refractivity contribution is -0.113. The van der Waals surface area contributed by atoms with Crippen molar-refractivity contribution in [1.82, 2.24) is 0 Å². The summed E-state index contributed by atoms with van der Waals surface area (Å²) in [5, 5.41) is 0. The summed E-state index contributed by atoms with van der Waals surface area (Å²) in [5.74, 6) is 1.18. The Morgan fingerprint density at radius 1 is 1.00 bits per heavy atom. The summed E-state index contributed by atoms with van der Waals surface area (Å²) in [6.07, 6.45) is 1.85. The highest BCUT2D eigenvalue weighted by Gasteiger charge is 2.33. The molecule has 1 saturated heterocycles. The lowest BCUT2D eigenvalue weighted by Crippen LogP contribution is -2.27. The second kappa shape index (κ2) is 11.0. The predicted octanol–water partition coefficient (Wildman–Crippen LogP) is 6.44. The summed E-state index contributed by atoms with van der Waals surface area (Å²) in [4.78, 5) is 17.3. The van der Waals surface area contributed by atoms with Crippen LogP contribution < -0.4 is 19.3 Å². The molecule has 0 radical (unpaired) electrons. The van der Waals surface area contributed by atoms with E-state index in [4.69, 9.17) is 21.7 Å². The Hall–Kier alpha value is -3.29. The van der Waals surface area contributed by atoms with Gasteiger partial charge in [-0.15, -0.1) is 0 Å². The van der Waals surface area contributed by atoms with Gasteiger partial charge in [0.1, 0.15) is 6.61 Å². The van der Waals surface area contributed by atoms with Crippen LogP contribution in [0.5, 0.6) is 11.5 Å². The normalized spacial score (nSPS) is 14.5. The number of thiocarbonyl (C=S) groups is 1. The molecule has 1 aliphatic rings. The van der Waals surface area contributed by atoms with Crippen LogP contribution in [0.25, 0.3) is 6.08 Å². The summed E-state index contributed by atoms with van der Waals surface area (Å²) in [6.45, 7) is 4.96. The molecular formula is C28H28N2O3S2. The van der Waals surface area contributed by atoms with Gasteiger partial charge in [-0.05, 0) is 67.4 Å². The van der Waals surface area contributed by atoms with Gasteiger partial charge in [-0.1, -0.05) is 59.9 Å². The highest BCUT2D eigenvalue weighted by molar-refractivity contribution is 8.27. The maximum atomic E-state index is 13.2. The first-order chi connectivity index (χ1) is 16.9. The minimum absolute atomic E-state index is 0.129. The van der Waals surface area contributed by atoms with Gasteiger partial charge >= 0.3 is 0 Å². The number of hydrogen-bond acceptors (Lipinski definition) is 6. The molecule has 0 aromatic heterocycles. The lowest BCUT2D eigenvalue weighted by Gasteiger charge is -2.17. The van der Waals surface area contributed by atoms with E-state index < -0.39 is 0 Å². The van der Waals surface area contributed by atoms with E-state index in [2.05, 4.69) is 19.1 Å². The van der Waals surface area contributed by atoms with Crippen molar-refractivity contribution >= 4 is 51.7 Å². The van der Waals surface area contributed by atoms with Gasteiger partial charge in [0.2, 0.25) is 0 Å². The highest BCUT2D eigenvalue weighted by Crippen LogP contribution is 2.38. The van der Waals surface area contributed by atoms with Gasteiger partial charge in [0, 0.05) is 19.8 Å². The molecule has 3 aromatic rings. The molecule has 0 spiro atoms. The molecule has 1 aliphatic heterocycles. The van der Waals surface area contributed by atoms with Gasteiger partial charge in [-0.3, -0.25) is 9.69 Å². The van der Waals surface area contributed by atoms with E-state index in [-0.39, 0.29) is 5.91 Å². The van der Waals surface area contributed by atoms with Crippen LogP contribution in [0.2, 0.25) is 0 Å². The number of carbonyl (C=O) groups excluding carboxylic acids is 1. The van der Waals surface area contributed by atoms with E-state index in [1.165, 1.54) is 17.3 Å². The third-order valence-electron chi connectivity index (χ3n) is 5.46. The Morgan fingerprint density at radius 2 is 1.77 bits per heavy atom. The van der Waals surface area contributed by atoms with Crippen LogP contribution in [0.1, 0.15) is 23.6 Å². The standard InChI is InChI=1S/C28H28N2O3S2/c1-5-32-25-16-20(9-14-24(25)33-18-21-8-6-7-19(2)15-21)17-26-27(31)30(28(34)35-26)23-12-10-22(11-13-23)29(3)4/h6-17H,5,18H2,1-4H3/b26-17-. The van der Waals surface area contributed by atoms with Gasteiger partial charge in [0.15, 0.2) is 15.8 Å². The lowest BCUT2D eigenvalue weighted by atomic mass is 10.1. The third-order valence-corrected chi connectivity index (χ3v) is 6.76. The number of carbonyl (C=O) groups is 1. The van der Waals surface area contributed by atoms with Crippen LogP contribution in [0.4, 0.5) is 11.4 Å². The summed E-state index contributed by atoms with van der Waals surface area (Å²) >= 11 is 6.83. The molecule has 4 rings (SSSR count). The van der Waals surface area contributed by atoms with Crippen molar-refractivity contribution in [3.63, 3.8) is 0 Å². The summed E-state index contributed by atoms with van der Waals surface area (Å²) in [7, 11) is 3.96. The van der Waals surface area contributed by atoms with Gasteiger partial charge in [0.25, 0.3) is 5.91 Å². The monoisotopic (exact) mass is 504 g/mol. The maximum Gasteiger partial charge on any atom is 0.270 e. The second-order valence-electron chi connectivity index (χ2n) is 8.34. The van der Waals surface area contributed by atoms with Gasteiger partial charge in [0.05, 0.1) is 17.2 Å². The molecular weight excluding hydrogens is 476 g/mol. The first-order valence-corrected chi connectivity index (χ1v) is 12.6. The SMILES string of the molecule is CCOc1cc(/C=C2\SC(=S)N(c3ccc(N(C)C)cc3)C2=O)ccc1OCc1cccc(C)c1. The van der Waals surface area contributed by atoms with Crippen LogP contribution in [-0.2, 0) is 11.4 Å². The number of rotatable bonds is 8. The summed E-state index contributed by atoms with van der Waals surface area (Å²) in [6, 6.07) is 21.7. The molecule has 0 N–H and O–H groups in total. The van der Waals surface area contributed by atoms with Crippen molar-refractivity contribution in [2.24, 2.45) is 0 Å². The molecule has 1 amide bonds. The summed E-state index contributed by atoms with van der Waals surface area (Å²) < 4.78 is 12.4. The Morgan fingerprint density at radius 3 is 2.46 bits per heavy atom. The zero-order valence-electron chi connectivity index (χ0n) is 20.3. The molecule has 5 nitrogen and oxygen atoms in total. The van der Waals surface area contributed by atoms with Crippen LogP contribution >= 0.6 is 24.0 Å². The number of aryl methyl sites for hydroxylation is 1. The Bertz CT molecular complexity index is 1270. The van der Waals surface area contributed by atoms with E-state index in [0.29, 0.717) is 33.9 Å². The minimum Gasteiger partial charge on any atom is -0.490 e. The maximum absolute atomic E-state index is 13.2. The topological polar surface area (TPSA) is 42.0 Å². The first kappa shape index (κ1) is 24.8. The van der Waals surface area contributed by atoms with E-state index >= 15 is 0 Å². The molecule has 0 aliphatic carbocycles. The molecule has 0 unspecified atom stereocenters. The van der Waals surface area contributed by atoms with Crippen molar-refractivity contribution < 1.29 is 14.3 Å². The van der Waals surface area contributed by atoms with E-state index in [1.54, 1.807) is 4.90 Å². The molecule has 7 heteroatoms. The number of benzene rings is 3. The molecule has 0 saturated carbocycles. The van der Waals surface area contributed by atoms with Crippen molar-refractivity contribution in [2.45, 2.75) is 20.5 Å². The van der Waals surface area contributed by atoms with Crippen molar-refractivity contribution in [2.75, 3.05) is 30.5 Å². The first-order valence-electron chi connectivity index (χ1n) is 11.4. The van der Waals surface area contributed by atoms with Crippen LogP contribution in [-0.4, -0.2) is 30.9 Å². The Kier molecular flexibility index (Phi) is 7.78. The molecule has 3 aromatic carbocycles. The smallest absolute Gasteiger partial charge is 0.270 e. The second-order valence-corrected chi connectivity index (χ2v) is 10.0. The molecule has 1 heterocycles. The summed E-state index contributed by atoms with van der Waals surface area (Å²) in [5.41, 5.74) is 4.95.